The van der Waals surface area contributed by atoms with Gasteiger partial charge in [-0.15, -0.1) is 0 Å². The van der Waals surface area contributed by atoms with Gasteiger partial charge in [0.15, 0.2) is 0 Å². The van der Waals surface area contributed by atoms with Crippen molar-refractivity contribution in [2.45, 2.75) is 0 Å². The minimum atomic E-state index is 0. The average molecular weight is 172 g/mol. The summed E-state index contributed by atoms with van der Waals surface area (Å²) in [6, 6.07) is 8.02. The summed E-state index contributed by atoms with van der Waals surface area (Å²) in [5.74, 6) is 0. The molecule has 0 amide bonds. The van der Waals surface area contributed by atoms with E-state index in [9.17, 15) is 0 Å². The van der Waals surface area contributed by atoms with Crippen LogP contribution in [0.15, 0.2) is 37.4 Å². The average Bonchev–Trinajstić information content (AvgIpc) is 2.04. The Morgan fingerprint density at radius 1 is 1.00 bits per heavy atom. The second kappa shape index (κ2) is 5.59. The molecule has 0 N–H and O–H groups in total. The van der Waals surface area contributed by atoms with E-state index < -0.39 is 0 Å². The second-order valence-electron chi connectivity index (χ2n) is 2.04. The third kappa shape index (κ3) is 2.82. The first-order valence-corrected chi connectivity index (χ1v) is 3.22. The summed E-state index contributed by atoms with van der Waals surface area (Å²) >= 11 is 0. The second-order valence-corrected chi connectivity index (χ2v) is 2.04. The van der Waals surface area contributed by atoms with Crippen molar-refractivity contribution in [3.05, 3.63) is 48.6 Å². The molecule has 0 aliphatic carbocycles. The summed E-state index contributed by atoms with van der Waals surface area (Å²) in [4.78, 5) is 0. The van der Waals surface area contributed by atoms with Crippen molar-refractivity contribution in [1.82, 2.24) is 0 Å². The normalized spacial score (nSPS) is 8.00. The molecule has 0 bridgehead atoms. The SMILES string of the molecule is C=Cc1ccccc1C=C.[Ca+2].[H-].[H-]. The summed E-state index contributed by atoms with van der Waals surface area (Å²) in [5.41, 5.74) is 2.27. The summed E-state index contributed by atoms with van der Waals surface area (Å²) < 4.78 is 0. The van der Waals surface area contributed by atoms with Gasteiger partial charge < -0.3 is 2.85 Å². The zero-order valence-electron chi connectivity index (χ0n) is 8.59. The molecule has 0 saturated carbocycles. The fourth-order valence-corrected chi connectivity index (χ4v) is 0.883. The van der Waals surface area contributed by atoms with E-state index in [4.69, 9.17) is 0 Å². The zero-order valence-corrected chi connectivity index (χ0v) is 8.79. The maximum absolute atomic E-state index is 3.69. The largest absolute Gasteiger partial charge is 2.00 e. The van der Waals surface area contributed by atoms with Crippen molar-refractivity contribution >= 4 is 49.9 Å². The molecule has 0 heterocycles. The van der Waals surface area contributed by atoms with Gasteiger partial charge in [-0.05, 0) is 11.1 Å². The number of hydrogen-bond acceptors (Lipinski definition) is 0. The Labute approximate surface area is 101 Å². The van der Waals surface area contributed by atoms with Crippen molar-refractivity contribution in [3.8, 4) is 0 Å². The van der Waals surface area contributed by atoms with Gasteiger partial charge in [0.25, 0.3) is 0 Å². The molecule has 1 aromatic carbocycles. The van der Waals surface area contributed by atoms with E-state index >= 15 is 0 Å². The van der Waals surface area contributed by atoms with Gasteiger partial charge in [0, 0.05) is 0 Å². The van der Waals surface area contributed by atoms with Crippen LogP contribution in [0.1, 0.15) is 14.0 Å². The summed E-state index contributed by atoms with van der Waals surface area (Å²) in [7, 11) is 0. The molecule has 0 atom stereocenters. The van der Waals surface area contributed by atoms with Crippen LogP contribution in [0.4, 0.5) is 0 Å². The minimum absolute atomic E-state index is 0. The molecule has 0 aliphatic heterocycles. The quantitative estimate of drug-likeness (QED) is 0.602. The predicted molar refractivity (Wildman–Crippen MR) is 54.6 cm³/mol. The Bertz CT molecular complexity index is 232. The van der Waals surface area contributed by atoms with Gasteiger partial charge >= 0.3 is 37.7 Å². The van der Waals surface area contributed by atoms with Gasteiger partial charge in [0.2, 0.25) is 0 Å². The van der Waals surface area contributed by atoms with Gasteiger partial charge in [-0.3, -0.25) is 0 Å². The van der Waals surface area contributed by atoms with Gasteiger partial charge in [-0.1, -0.05) is 49.6 Å². The molecule has 0 saturated heterocycles. The molecule has 0 aliphatic rings. The molecule has 0 spiro atoms. The van der Waals surface area contributed by atoms with E-state index in [0.29, 0.717) is 0 Å². The molecule has 1 rings (SSSR count). The smallest absolute Gasteiger partial charge is 1.00 e. The fraction of sp³-hybridized carbons (Fsp3) is 0. The van der Waals surface area contributed by atoms with Crippen LogP contribution in [0, 0.1) is 0 Å². The van der Waals surface area contributed by atoms with Crippen LogP contribution in [-0.4, -0.2) is 37.7 Å². The fourth-order valence-electron chi connectivity index (χ4n) is 0.883. The molecule has 0 aromatic heterocycles. The van der Waals surface area contributed by atoms with Gasteiger partial charge in [-0.2, -0.15) is 0 Å². The van der Waals surface area contributed by atoms with Crippen molar-refractivity contribution in [2.75, 3.05) is 0 Å². The molecule has 11 heavy (non-hydrogen) atoms. The molecule has 1 aromatic rings. The van der Waals surface area contributed by atoms with Gasteiger partial charge in [0.1, 0.15) is 0 Å². The summed E-state index contributed by atoms with van der Waals surface area (Å²) in [5, 5.41) is 0. The van der Waals surface area contributed by atoms with E-state index in [1.54, 1.807) is 0 Å². The van der Waals surface area contributed by atoms with Crippen LogP contribution in [0.25, 0.3) is 12.2 Å². The van der Waals surface area contributed by atoms with Crippen LogP contribution in [0.2, 0.25) is 0 Å². The monoisotopic (exact) mass is 172 g/mol. The Kier molecular flexibility index (Phi) is 5.57. The van der Waals surface area contributed by atoms with Crippen LogP contribution in [0.3, 0.4) is 0 Å². The molecule has 0 fully saturated rings. The third-order valence-electron chi connectivity index (χ3n) is 1.44. The minimum Gasteiger partial charge on any atom is -1.00 e. The van der Waals surface area contributed by atoms with Crippen LogP contribution < -0.4 is 0 Å². The number of rotatable bonds is 2. The Morgan fingerprint density at radius 3 is 1.64 bits per heavy atom. The van der Waals surface area contributed by atoms with Crippen LogP contribution in [-0.2, 0) is 0 Å². The third-order valence-corrected chi connectivity index (χ3v) is 1.44. The summed E-state index contributed by atoms with van der Waals surface area (Å²) in [6.45, 7) is 7.38. The molecule has 54 valence electrons. The van der Waals surface area contributed by atoms with Crippen molar-refractivity contribution < 1.29 is 2.85 Å². The van der Waals surface area contributed by atoms with Crippen LogP contribution >= 0.6 is 0 Å². The maximum atomic E-state index is 3.69. The standard InChI is InChI=1S/C10H10.Ca.2H/c1-3-9-7-5-6-8-10(9)4-2;;;/h3-8H,1-2H2;;;/q;+2;2*-1. The van der Waals surface area contributed by atoms with E-state index in [0.717, 1.165) is 11.1 Å². The van der Waals surface area contributed by atoms with Crippen molar-refractivity contribution in [3.63, 3.8) is 0 Å². The van der Waals surface area contributed by atoms with Gasteiger partial charge in [0.05, 0.1) is 0 Å². The predicted octanol–water partition coefficient (Wildman–Crippen LogP) is 2.82. The van der Waals surface area contributed by atoms with E-state index in [2.05, 4.69) is 13.2 Å². The number of hydrogen-bond donors (Lipinski definition) is 0. The molecule has 0 radical (unpaired) electrons. The first-order chi connectivity index (χ1) is 4.88. The van der Waals surface area contributed by atoms with E-state index in [1.807, 2.05) is 36.4 Å². The molecule has 0 unspecified atom stereocenters. The first kappa shape index (κ1) is 11.0. The molecular formula is C10H12Ca. The van der Waals surface area contributed by atoms with E-state index in [1.165, 1.54) is 0 Å². The van der Waals surface area contributed by atoms with Crippen molar-refractivity contribution in [1.29, 1.82) is 0 Å². The Morgan fingerprint density at radius 2 is 1.36 bits per heavy atom. The topological polar surface area (TPSA) is 0 Å². The van der Waals surface area contributed by atoms with Crippen molar-refractivity contribution in [2.24, 2.45) is 0 Å². The maximum Gasteiger partial charge on any atom is 2.00 e. The first-order valence-electron chi connectivity index (χ1n) is 3.22. The van der Waals surface area contributed by atoms with E-state index in [-0.39, 0.29) is 40.6 Å². The zero-order chi connectivity index (χ0) is 7.40. The Balaban J connectivity index is -0.000000333. The molecule has 1 heteroatoms. The molecule has 0 nitrogen and oxygen atoms in total. The number of benzene rings is 1. The van der Waals surface area contributed by atoms with Crippen LogP contribution in [0.5, 0.6) is 0 Å². The summed E-state index contributed by atoms with van der Waals surface area (Å²) in [6.07, 6.45) is 3.66. The Hall–Kier alpha value is -0.0403. The molecular weight excluding hydrogens is 160 g/mol. The van der Waals surface area contributed by atoms with Gasteiger partial charge in [-0.25, -0.2) is 0 Å².